The molecule has 0 N–H and O–H groups in total. The first-order valence-corrected chi connectivity index (χ1v) is 13.4. The van der Waals surface area contributed by atoms with Gasteiger partial charge in [0.1, 0.15) is 0 Å². The molecule has 8 rings (SSSR count). The van der Waals surface area contributed by atoms with Gasteiger partial charge >= 0.3 is 0 Å². The highest BCUT2D eigenvalue weighted by Crippen LogP contribution is 2.40. The summed E-state index contributed by atoms with van der Waals surface area (Å²) in [6.07, 6.45) is 0. The Hall–Kier alpha value is -5.59. The molecular weight excluding hydrogens is 486 g/mol. The Bertz CT molecular complexity index is 2180. The molecule has 0 bridgehead atoms. The molecule has 3 nitrogen and oxygen atoms in total. The van der Waals surface area contributed by atoms with Gasteiger partial charge in [0, 0.05) is 32.7 Å². The molecule has 2 aromatic heterocycles. The lowest BCUT2D eigenvalue weighted by atomic mass is 9.98. The number of hydrogen-bond donors (Lipinski definition) is 0. The second kappa shape index (κ2) is 8.73. The van der Waals surface area contributed by atoms with Crippen molar-refractivity contribution in [1.82, 2.24) is 9.13 Å². The molecular formula is C37H23N3. The van der Waals surface area contributed by atoms with Gasteiger partial charge in [-0.05, 0) is 48.5 Å². The molecule has 0 aliphatic rings. The molecule has 0 atom stereocenters. The Labute approximate surface area is 231 Å². The van der Waals surface area contributed by atoms with Crippen LogP contribution in [-0.4, -0.2) is 9.13 Å². The predicted molar refractivity (Wildman–Crippen MR) is 165 cm³/mol. The maximum atomic E-state index is 9.95. The van der Waals surface area contributed by atoms with E-state index in [9.17, 15) is 5.26 Å². The largest absolute Gasteiger partial charge is 0.309 e. The second-order valence-corrected chi connectivity index (χ2v) is 10.1. The molecule has 0 saturated heterocycles. The van der Waals surface area contributed by atoms with Gasteiger partial charge in [0.15, 0.2) is 0 Å². The Kier molecular flexibility index (Phi) is 4.89. The lowest BCUT2D eigenvalue weighted by Crippen LogP contribution is -2.02. The first-order valence-electron chi connectivity index (χ1n) is 13.4. The van der Waals surface area contributed by atoms with Crippen molar-refractivity contribution in [2.24, 2.45) is 0 Å². The minimum absolute atomic E-state index is 0.636. The van der Waals surface area contributed by atoms with E-state index in [4.69, 9.17) is 0 Å². The predicted octanol–water partition coefficient (Wildman–Crippen LogP) is 9.42. The van der Waals surface area contributed by atoms with Crippen LogP contribution >= 0.6 is 0 Å². The molecule has 0 aliphatic carbocycles. The van der Waals surface area contributed by atoms with Crippen molar-refractivity contribution in [3.05, 3.63) is 145 Å². The Morgan fingerprint density at radius 3 is 1.27 bits per heavy atom. The van der Waals surface area contributed by atoms with Gasteiger partial charge in [-0.1, -0.05) is 91.0 Å². The SMILES string of the molecule is N#Cc1ccc(-n2c3ccccc3c3ccccc32)c(-c2ccccc2-n2c3ccccc3c3ccccc32)c1. The summed E-state index contributed by atoms with van der Waals surface area (Å²) in [5.74, 6) is 0. The first kappa shape index (κ1) is 22.4. The van der Waals surface area contributed by atoms with E-state index in [1.54, 1.807) is 0 Å². The van der Waals surface area contributed by atoms with Crippen LogP contribution in [0.15, 0.2) is 140 Å². The summed E-state index contributed by atoms with van der Waals surface area (Å²) >= 11 is 0. The van der Waals surface area contributed by atoms with Gasteiger partial charge in [-0.2, -0.15) is 5.26 Å². The third kappa shape index (κ3) is 3.17. The van der Waals surface area contributed by atoms with Gasteiger partial charge in [0.25, 0.3) is 0 Å². The number of benzene rings is 6. The van der Waals surface area contributed by atoms with Gasteiger partial charge < -0.3 is 9.13 Å². The molecule has 6 aromatic carbocycles. The summed E-state index contributed by atoms with van der Waals surface area (Å²) in [5.41, 5.74) is 9.45. The molecule has 0 spiro atoms. The summed E-state index contributed by atoms with van der Waals surface area (Å²) < 4.78 is 4.69. The van der Waals surface area contributed by atoms with Gasteiger partial charge in [0.2, 0.25) is 0 Å². The van der Waals surface area contributed by atoms with Crippen molar-refractivity contribution in [3.63, 3.8) is 0 Å². The van der Waals surface area contributed by atoms with E-state index in [1.165, 1.54) is 21.5 Å². The molecule has 0 amide bonds. The molecule has 0 aliphatic heterocycles. The van der Waals surface area contributed by atoms with Crippen LogP contribution < -0.4 is 0 Å². The lowest BCUT2D eigenvalue weighted by Gasteiger charge is -2.18. The van der Waals surface area contributed by atoms with Crippen molar-refractivity contribution in [2.75, 3.05) is 0 Å². The average molecular weight is 510 g/mol. The summed E-state index contributed by atoms with van der Waals surface area (Å²) in [5, 5.41) is 14.8. The molecule has 0 unspecified atom stereocenters. The normalized spacial score (nSPS) is 11.5. The lowest BCUT2D eigenvalue weighted by molar-refractivity contribution is 1.16. The molecule has 8 aromatic rings. The van der Waals surface area contributed by atoms with E-state index in [2.05, 4.69) is 143 Å². The van der Waals surface area contributed by atoms with Crippen LogP contribution in [0.4, 0.5) is 0 Å². The van der Waals surface area contributed by atoms with Crippen LogP contribution in [0.1, 0.15) is 5.56 Å². The van der Waals surface area contributed by atoms with Gasteiger partial charge in [-0.25, -0.2) is 0 Å². The fraction of sp³-hybridized carbons (Fsp3) is 0. The number of hydrogen-bond acceptors (Lipinski definition) is 1. The van der Waals surface area contributed by atoms with Crippen molar-refractivity contribution < 1.29 is 0 Å². The highest BCUT2D eigenvalue weighted by Gasteiger charge is 2.20. The summed E-state index contributed by atoms with van der Waals surface area (Å²) in [6.45, 7) is 0. The minimum atomic E-state index is 0.636. The first-order chi connectivity index (χ1) is 19.8. The monoisotopic (exact) mass is 509 g/mol. The number of nitrogens with zero attached hydrogens (tertiary/aromatic N) is 3. The average Bonchev–Trinajstić information content (AvgIpc) is 3.54. The van der Waals surface area contributed by atoms with E-state index in [0.29, 0.717) is 5.56 Å². The number of fused-ring (bicyclic) bond motifs is 6. The van der Waals surface area contributed by atoms with E-state index >= 15 is 0 Å². The highest BCUT2D eigenvalue weighted by molar-refractivity contribution is 6.11. The number of para-hydroxylation sites is 5. The second-order valence-electron chi connectivity index (χ2n) is 10.1. The van der Waals surface area contributed by atoms with E-state index in [0.717, 1.165) is 44.6 Å². The molecule has 0 saturated carbocycles. The maximum absolute atomic E-state index is 9.95. The van der Waals surface area contributed by atoms with E-state index in [1.807, 2.05) is 12.1 Å². The molecule has 0 radical (unpaired) electrons. The van der Waals surface area contributed by atoms with E-state index < -0.39 is 0 Å². The number of rotatable bonds is 3. The summed E-state index contributed by atoms with van der Waals surface area (Å²) in [6, 6.07) is 51.2. The van der Waals surface area contributed by atoms with Crippen LogP contribution in [-0.2, 0) is 0 Å². The smallest absolute Gasteiger partial charge is 0.0991 e. The van der Waals surface area contributed by atoms with E-state index in [-0.39, 0.29) is 0 Å². The van der Waals surface area contributed by atoms with Gasteiger partial charge in [-0.15, -0.1) is 0 Å². The van der Waals surface area contributed by atoms with Crippen LogP contribution in [0.2, 0.25) is 0 Å². The molecule has 3 heteroatoms. The Morgan fingerprint density at radius 2 is 0.800 bits per heavy atom. The van der Waals surface area contributed by atoms with Crippen molar-refractivity contribution in [1.29, 1.82) is 5.26 Å². The summed E-state index contributed by atoms with van der Waals surface area (Å²) in [7, 11) is 0. The highest BCUT2D eigenvalue weighted by atomic mass is 15.0. The summed E-state index contributed by atoms with van der Waals surface area (Å²) in [4.78, 5) is 0. The Morgan fingerprint density at radius 1 is 0.400 bits per heavy atom. The molecule has 0 fully saturated rings. The van der Waals surface area contributed by atoms with Crippen LogP contribution in [0.3, 0.4) is 0 Å². The minimum Gasteiger partial charge on any atom is -0.309 e. The van der Waals surface area contributed by atoms with Crippen molar-refractivity contribution in [3.8, 4) is 28.6 Å². The fourth-order valence-corrected chi connectivity index (χ4v) is 6.28. The Balaban J connectivity index is 1.50. The third-order valence-electron chi connectivity index (χ3n) is 7.96. The van der Waals surface area contributed by atoms with Crippen molar-refractivity contribution >= 4 is 43.6 Å². The molecule has 40 heavy (non-hydrogen) atoms. The maximum Gasteiger partial charge on any atom is 0.0991 e. The molecule has 2 heterocycles. The third-order valence-corrected chi connectivity index (χ3v) is 7.96. The number of aromatic nitrogens is 2. The van der Waals surface area contributed by atoms with Crippen LogP contribution in [0.5, 0.6) is 0 Å². The van der Waals surface area contributed by atoms with Gasteiger partial charge in [0.05, 0.1) is 45.1 Å². The quantitative estimate of drug-likeness (QED) is 0.233. The van der Waals surface area contributed by atoms with Crippen molar-refractivity contribution in [2.45, 2.75) is 0 Å². The number of nitriles is 1. The van der Waals surface area contributed by atoms with Crippen LogP contribution in [0, 0.1) is 11.3 Å². The van der Waals surface area contributed by atoms with Gasteiger partial charge in [-0.3, -0.25) is 0 Å². The fourth-order valence-electron chi connectivity index (χ4n) is 6.28. The van der Waals surface area contributed by atoms with Crippen LogP contribution in [0.25, 0.3) is 66.1 Å². The zero-order valence-corrected chi connectivity index (χ0v) is 21.6. The zero-order valence-electron chi connectivity index (χ0n) is 21.6. The standard InChI is InChI=1S/C37H23N3/c38-24-25-21-22-37(40-34-18-8-3-13-28(34)29-14-4-9-19-35(29)40)31(23-25)30-15-5-10-20-36(30)39-32-16-6-1-11-26(32)27-12-2-7-17-33(27)39/h1-23H. The molecule has 186 valence electrons. The zero-order chi connectivity index (χ0) is 26.6. The topological polar surface area (TPSA) is 33.6 Å².